The molecule has 2 aromatic rings. The summed E-state index contributed by atoms with van der Waals surface area (Å²) in [5, 5.41) is 11.2. The van der Waals surface area contributed by atoms with Crippen LogP contribution < -0.4 is 9.64 Å². The van der Waals surface area contributed by atoms with Crippen molar-refractivity contribution in [1.29, 1.82) is 0 Å². The number of aliphatic hydroxyl groups excluding tert-OH is 1. The molecule has 40 heavy (non-hydrogen) atoms. The summed E-state index contributed by atoms with van der Waals surface area (Å²) in [6.45, 7) is 2.09. The van der Waals surface area contributed by atoms with Crippen LogP contribution in [0.5, 0.6) is 5.75 Å². The molecule has 1 fully saturated rings. The number of aryl methyl sites for hydroxylation is 1. The lowest BCUT2D eigenvalue weighted by molar-refractivity contribution is 0.0126. The third-order valence-corrected chi connectivity index (χ3v) is 10.4. The van der Waals surface area contributed by atoms with Crippen LogP contribution in [0.4, 0.5) is 5.69 Å². The number of aliphatic hydroxyl groups is 1. The van der Waals surface area contributed by atoms with E-state index in [9.17, 15) is 14.1 Å². The van der Waals surface area contributed by atoms with Crippen molar-refractivity contribution in [3.8, 4) is 5.75 Å². The molecule has 2 aliphatic carbocycles. The van der Waals surface area contributed by atoms with Crippen molar-refractivity contribution in [1.82, 2.24) is 0 Å². The van der Waals surface area contributed by atoms with Crippen molar-refractivity contribution in [3.05, 3.63) is 70.3 Å². The molecule has 4 aliphatic rings. The fourth-order valence-electron chi connectivity index (χ4n) is 6.93. The molecule has 0 aromatic heterocycles. The molecule has 214 valence electrons. The van der Waals surface area contributed by atoms with Crippen molar-refractivity contribution < 1.29 is 23.6 Å². The molecule has 7 nitrogen and oxygen atoms in total. The predicted molar refractivity (Wildman–Crippen MR) is 157 cm³/mol. The first kappa shape index (κ1) is 27.8. The zero-order valence-corrected chi connectivity index (χ0v) is 24.3. The van der Waals surface area contributed by atoms with Crippen LogP contribution in [0.1, 0.15) is 53.6 Å². The van der Waals surface area contributed by atoms with E-state index in [1.165, 1.54) is 11.1 Å². The summed E-state index contributed by atoms with van der Waals surface area (Å²) < 4.78 is 28.9. The van der Waals surface area contributed by atoms with Crippen LogP contribution in [-0.2, 0) is 31.4 Å². The largest absolute Gasteiger partial charge is 0.490 e. The van der Waals surface area contributed by atoms with Gasteiger partial charge in [-0.1, -0.05) is 35.6 Å². The van der Waals surface area contributed by atoms with E-state index in [0.717, 1.165) is 61.7 Å². The van der Waals surface area contributed by atoms with Crippen LogP contribution >= 0.6 is 11.6 Å². The SMILES string of the molecule is CO[C@H]1/C=C/[C@H](O)CC[S-](=O)=NC(=O)c2ccc3c(c2)N(C[C@@H]2CC[C@H]21)C[C@@]1(CCCc2cc(Cl)ccc21)CO3. The van der Waals surface area contributed by atoms with Gasteiger partial charge >= 0.3 is 0 Å². The molecule has 0 saturated heterocycles. The van der Waals surface area contributed by atoms with E-state index in [2.05, 4.69) is 21.4 Å². The summed E-state index contributed by atoms with van der Waals surface area (Å²) >= 11 is 6.39. The van der Waals surface area contributed by atoms with Crippen LogP contribution in [0.2, 0.25) is 5.02 Å². The number of halogens is 1. The second-order valence-electron chi connectivity index (χ2n) is 11.7. The predicted octanol–water partition coefficient (Wildman–Crippen LogP) is 5.46. The van der Waals surface area contributed by atoms with E-state index in [4.69, 9.17) is 21.1 Å². The first-order chi connectivity index (χ1) is 19.3. The molecule has 2 heterocycles. The highest BCUT2D eigenvalue weighted by Crippen LogP contribution is 2.47. The van der Waals surface area contributed by atoms with Gasteiger partial charge in [0.1, 0.15) is 5.75 Å². The van der Waals surface area contributed by atoms with Gasteiger partial charge in [0.2, 0.25) is 0 Å². The molecule has 0 unspecified atom stereocenters. The van der Waals surface area contributed by atoms with Crippen molar-refractivity contribution in [3.63, 3.8) is 0 Å². The Balaban J connectivity index is 1.43. The fraction of sp³-hybridized carbons (Fsp3) is 0.516. The molecule has 2 aliphatic heterocycles. The summed E-state index contributed by atoms with van der Waals surface area (Å²) in [5.74, 6) is 1.03. The molecule has 6 rings (SSSR count). The Hall–Kier alpha value is -2.39. The number of anilines is 1. The number of carbonyl (C=O) groups is 1. The monoisotopic (exact) mass is 583 g/mol. The highest BCUT2D eigenvalue weighted by Gasteiger charge is 2.44. The van der Waals surface area contributed by atoms with Gasteiger partial charge < -0.3 is 28.1 Å². The van der Waals surface area contributed by atoms with Crippen LogP contribution in [0.25, 0.3) is 0 Å². The van der Waals surface area contributed by atoms with Crippen molar-refractivity contribution in [2.24, 2.45) is 16.2 Å². The topological polar surface area (TPSA) is 88.4 Å². The standard InChI is InChI=1S/C31H36ClN2O5S/c1-38-28-11-7-24(35)12-14-40(37)33-30(36)21-5-10-29-27(16-21)34(17-22-4-8-25(22)28)18-31(19-39-29)13-2-3-20-15-23(32)6-9-26(20)31/h5-7,9-11,15-16,22,24-25,28,35H,2-4,8,12-14,17-19H2,1H3/q-1/b11-7+/t22-,24-,25+,28-,31-/m0/s1. The van der Waals surface area contributed by atoms with Crippen LogP contribution in [0.15, 0.2) is 52.9 Å². The number of hydrogen-bond donors (Lipinski definition) is 1. The van der Waals surface area contributed by atoms with Crippen LogP contribution in [0.3, 0.4) is 0 Å². The molecule has 5 atom stereocenters. The van der Waals surface area contributed by atoms with E-state index in [1.54, 1.807) is 19.3 Å². The van der Waals surface area contributed by atoms with E-state index in [-0.39, 0.29) is 23.7 Å². The number of nitrogens with zero attached hydrogens (tertiary/aromatic N) is 2. The van der Waals surface area contributed by atoms with Gasteiger partial charge in [-0.3, -0.25) is 4.79 Å². The zero-order valence-electron chi connectivity index (χ0n) is 22.8. The summed E-state index contributed by atoms with van der Waals surface area (Å²) in [6, 6.07) is 11.6. The minimum Gasteiger partial charge on any atom is -0.490 e. The number of benzene rings is 2. The summed E-state index contributed by atoms with van der Waals surface area (Å²) in [4.78, 5) is 15.4. The van der Waals surface area contributed by atoms with E-state index in [1.807, 2.05) is 24.3 Å². The highest BCUT2D eigenvalue weighted by atomic mass is 35.5. The Morgan fingerprint density at radius 1 is 1.18 bits per heavy atom. The maximum atomic E-state index is 13.0. The number of methoxy groups -OCH3 is 1. The Morgan fingerprint density at radius 3 is 2.85 bits per heavy atom. The summed E-state index contributed by atoms with van der Waals surface area (Å²) in [5.41, 5.74) is 3.63. The molecule has 1 amide bonds. The van der Waals surface area contributed by atoms with Gasteiger partial charge in [-0.05, 0) is 91.8 Å². The van der Waals surface area contributed by atoms with Gasteiger partial charge in [0, 0.05) is 36.2 Å². The molecule has 1 N–H and O–H groups in total. The van der Waals surface area contributed by atoms with Crippen LogP contribution in [-0.4, -0.2) is 55.8 Å². The summed E-state index contributed by atoms with van der Waals surface area (Å²) in [6.07, 6.45) is 8.24. The molecular weight excluding hydrogens is 548 g/mol. The maximum absolute atomic E-state index is 13.0. The fourth-order valence-corrected chi connectivity index (χ4v) is 7.95. The van der Waals surface area contributed by atoms with Crippen LogP contribution in [0, 0.1) is 11.8 Å². The average molecular weight is 584 g/mol. The van der Waals surface area contributed by atoms with Gasteiger partial charge in [0.25, 0.3) is 5.91 Å². The molecule has 9 heteroatoms. The molecule has 2 bridgehead atoms. The third kappa shape index (κ3) is 5.43. The lowest BCUT2D eigenvalue weighted by atomic mass is 9.68. The average Bonchev–Trinajstić information content (AvgIpc) is 3.08. The lowest BCUT2D eigenvalue weighted by Gasteiger charge is -2.46. The lowest BCUT2D eigenvalue weighted by Crippen LogP contribution is -2.49. The minimum atomic E-state index is -1.73. The van der Waals surface area contributed by atoms with Crippen molar-refractivity contribution in [2.75, 3.05) is 37.5 Å². The normalized spacial score (nSPS) is 31.7. The van der Waals surface area contributed by atoms with Gasteiger partial charge in [0.05, 0.1) is 24.5 Å². The Labute approximate surface area is 242 Å². The Kier molecular flexibility index (Phi) is 7.96. The molecule has 2 aromatic carbocycles. The summed E-state index contributed by atoms with van der Waals surface area (Å²) in [7, 11) is -0.0143. The van der Waals surface area contributed by atoms with Gasteiger partial charge in [0.15, 0.2) is 0 Å². The number of rotatable bonds is 1. The smallest absolute Gasteiger partial charge is 0.254 e. The van der Waals surface area contributed by atoms with E-state index in [0.29, 0.717) is 24.0 Å². The third-order valence-electron chi connectivity index (χ3n) is 9.21. The zero-order chi connectivity index (χ0) is 27.9. The van der Waals surface area contributed by atoms with E-state index >= 15 is 0 Å². The second-order valence-corrected chi connectivity index (χ2v) is 13.3. The second kappa shape index (κ2) is 11.5. The quantitative estimate of drug-likeness (QED) is 0.354. The maximum Gasteiger partial charge on any atom is 0.254 e. The van der Waals surface area contributed by atoms with Gasteiger partial charge in [-0.25, -0.2) is 0 Å². The number of carbonyl (C=O) groups excluding carboxylic acids is 1. The van der Waals surface area contributed by atoms with Gasteiger partial charge in [-0.2, -0.15) is 10.6 Å². The highest BCUT2D eigenvalue weighted by molar-refractivity contribution is 7.75. The number of hydrogen-bond acceptors (Lipinski definition) is 7. The van der Waals surface area contributed by atoms with Gasteiger partial charge in [-0.15, -0.1) is 0 Å². The van der Waals surface area contributed by atoms with Crippen molar-refractivity contribution in [2.45, 2.75) is 56.1 Å². The Morgan fingerprint density at radius 2 is 2.05 bits per heavy atom. The Bertz CT molecular complexity index is 1410. The molecule has 1 spiro atoms. The first-order valence-electron chi connectivity index (χ1n) is 14.2. The van der Waals surface area contributed by atoms with Crippen molar-refractivity contribution >= 4 is 33.8 Å². The number of ether oxygens (including phenoxy) is 2. The number of fused-ring (bicyclic) bond motifs is 4. The minimum absolute atomic E-state index is 0.104. The first-order valence-corrected chi connectivity index (χ1v) is 15.8. The molecule has 0 radical (unpaired) electrons. The van der Waals surface area contributed by atoms with E-state index < -0.39 is 22.6 Å². The molecule has 1 saturated carbocycles. The molecular formula is C31H36ClN2O5S-. The number of amides is 1.